The number of ether oxygens (including phenoxy) is 1. The summed E-state index contributed by atoms with van der Waals surface area (Å²) >= 11 is 0. The molecule has 4 nitrogen and oxygen atoms in total. The van der Waals surface area contributed by atoms with Crippen LogP contribution in [0.3, 0.4) is 0 Å². The van der Waals surface area contributed by atoms with E-state index in [1.807, 2.05) is 0 Å². The van der Waals surface area contributed by atoms with E-state index in [-0.39, 0.29) is 5.95 Å². The van der Waals surface area contributed by atoms with Gasteiger partial charge in [-0.05, 0) is 12.5 Å². The van der Waals surface area contributed by atoms with E-state index in [2.05, 4.69) is 22.2 Å². The molecule has 1 rings (SSSR count). The minimum absolute atomic E-state index is 0.0380. The van der Waals surface area contributed by atoms with Gasteiger partial charge < -0.3 is 10.1 Å². The first-order chi connectivity index (χ1) is 8.54. The molecule has 0 atom stereocenters. The van der Waals surface area contributed by atoms with Gasteiger partial charge in [-0.3, -0.25) is 0 Å². The van der Waals surface area contributed by atoms with Crippen molar-refractivity contribution in [2.75, 3.05) is 25.1 Å². The van der Waals surface area contributed by atoms with Crippen LogP contribution in [-0.2, 0) is 10.9 Å². The van der Waals surface area contributed by atoms with Gasteiger partial charge in [0.05, 0.1) is 6.61 Å². The Hall–Kier alpha value is -1.37. The molecule has 0 bridgehead atoms. The van der Waals surface area contributed by atoms with Crippen molar-refractivity contribution in [3.8, 4) is 0 Å². The van der Waals surface area contributed by atoms with Crippen LogP contribution in [0.15, 0.2) is 12.3 Å². The van der Waals surface area contributed by atoms with Gasteiger partial charge in [-0.25, -0.2) is 9.97 Å². The average Bonchev–Trinajstić information content (AvgIpc) is 2.33. The number of halogens is 3. The van der Waals surface area contributed by atoms with Crippen molar-refractivity contribution in [3.63, 3.8) is 0 Å². The van der Waals surface area contributed by atoms with E-state index in [4.69, 9.17) is 4.74 Å². The minimum Gasteiger partial charge on any atom is -0.380 e. The summed E-state index contributed by atoms with van der Waals surface area (Å²) in [5, 5.41) is 2.69. The summed E-state index contributed by atoms with van der Waals surface area (Å²) in [4.78, 5) is 7.08. The second-order valence-corrected chi connectivity index (χ2v) is 3.66. The maximum absolute atomic E-state index is 12.4. The van der Waals surface area contributed by atoms with Crippen molar-refractivity contribution in [2.45, 2.75) is 25.9 Å². The van der Waals surface area contributed by atoms with Crippen LogP contribution in [-0.4, -0.2) is 29.7 Å². The van der Waals surface area contributed by atoms with Crippen molar-refractivity contribution < 1.29 is 17.9 Å². The highest BCUT2D eigenvalue weighted by Gasteiger charge is 2.32. The fourth-order valence-corrected chi connectivity index (χ4v) is 1.19. The van der Waals surface area contributed by atoms with Gasteiger partial charge in [-0.2, -0.15) is 13.2 Å². The zero-order valence-corrected chi connectivity index (χ0v) is 10.1. The molecule has 0 radical (unpaired) electrons. The number of alkyl halides is 3. The first-order valence-electron chi connectivity index (χ1n) is 5.76. The Labute approximate surface area is 104 Å². The number of anilines is 1. The van der Waals surface area contributed by atoms with Crippen molar-refractivity contribution in [3.05, 3.63) is 18.0 Å². The third-order valence-electron chi connectivity index (χ3n) is 2.12. The average molecular weight is 263 g/mol. The Morgan fingerprint density at radius 3 is 2.78 bits per heavy atom. The van der Waals surface area contributed by atoms with Crippen LogP contribution in [0.5, 0.6) is 0 Å². The van der Waals surface area contributed by atoms with E-state index >= 15 is 0 Å². The maximum atomic E-state index is 12.4. The SMILES string of the molecule is CCCCOCCNc1nccc(C(F)(F)F)n1. The number of aromatic nitrogens is 2. The van der Waals surface area contributed by atoms with Crippen LogP contribution in [0.25, 0.3) is 0 Å². The molecule has 1 N–H and O–H groups in total. The van der Waals surface area contributed by atoms with Crippen molar-refractivity contribution in [1.29, 1.82) is 0 Å². The molecule has 7 heteroatoms. The summed E-state index contributed by atoms with van der Waals surface area (Å²) in [6, 6.07) is 0.836. The number of nitrogens with zero attached hydrogens (tertiary/aromatic N) is 2. The molecular formula is C11H16F3N3O. The topological polar surface area (TPSA) is 47.0 Å². The monoisotopic (exact) mass is 263 g/mol. The number of rotatable bonds is 7. The molecule has 18 heavy (non-hydrogen) atoms. The van der Waals surface area contributed by atoms with Crippen molar-refractivity contribution >= 4 is 5.95 Å². The second kappa shape index (κ2) is 7.15. The molecule has 1 aromatic rings. The maximum Gasteiger partial charge on any atom is 0.433 e. The van der Waals surface area contributed by atoms with Gasteiger partial charge in [0.1, 0.15) is 5.69 Å². The number of nitrogens with one attached hydrogen (secondary N) is 1. The smallest absolute Gasteiger partial charge is 0.380 e. The Bertz CT molecular complexity index is 358. The van der Waals surface area contributed by atoms with E-state index in [0.29, 0.717) is 19.8 Å². The quantitative estimate of drug-likeness (QED) is 0.768. The van der Waals surface area contributed by atoms with Crippen molar-refractivity contribution in [2.24, 2.45) is 0 Å². The highest BCUT2D eigenvalue weighted by molar-refractivity contribution is 5.25. The lowest BCUT2D eigenvalue weighted by Gasteiger charge is -2.08. The van der Waals surface area contributed by atoms with Crippen LogP contribution in [0.2, 0.25) is 0 Å². The van der Waals surface area contributed by atoms with Gasteiger partial charge in [0.2, 0.25) is 5.95 Å². The fourth-order valence-electron chi connectivity index (χ4n) is 1.19. The minimum atomic E-state index is -4.45. The molecule has 0 aromatic carbocycles. The Morgan fingerprint density at radius 2 is 2.11 bits per heavy atom. The highest BCUT2D eigenvalue weighted by Crippen LogP contribution is 2.27. The first-order valence-corrected chi connectivity index (χ1v) is 5.76. The number of hydrogen-bond acceptors (Lipinski definition) is 4. The fraction of sp³-hybridized carbons (Fsp3) is 0.636. The van der Waals surface area contributed by atoms with E-state index in [1.54, 1.807) is 0 Å². The zero-order valence-electron chi connectivity index (χ0n) is 10.1. The summed E-state index contributed by atoms with van der Waals surface area (Å²) in [5.74, 6) is -0.0380. The van der Waals surface area contributed by atoms with Crippen LogP contribution in [0, 0.1) is 0 Å². The van der Waals surface area contributed by atoms with Crippen LogP contribution < -0.4 is 5.32 Å². The van der Waals surface area contributed by atoms with Crippen LogP contribution in [0.1, 0.15) is 25.5 Å². The third-order valence-corrected chi connectivity index (χ3v) is 2.12. The normalized spacial score (nSPS) is 11.6. The molecule has 0 aliphatic heterocycles. The summed E-state index contributed by atoms with van der Waals surface area (Å²) in [6.45, 7) is 3.50. The molecule has 0 spiro atoms. The zero-order chi connectivity index (χ0) is 13.4. The molecule has 0 aliphatic rings. The summed E-state index contributed by atoms with van der Waals surface area (Å²) < 4.78 is 42.3. The summed E-state index contributed by atoms with van der Waals surface area (Å²) in [5.41, 5.74) is -0.952. The van der Waals surface area contributed by atoms with E-state index in [1.165, 1.54) is 0 Å². The molecule has 0 aliphatic carbocycles. The Kier molecular flexibility index (Phi) is 5.84. The highest BCUT2D eigenvalue weighted by atomic mass is 19.4. The molecular weight excluding hydrogens is 247 g/mol. The summed E-state index contributed by atoms with van der Waals surface area (Å²) in [6.07, 6.45) is -1.35. The molecule has 0 saturated carbocycles. The lowest BCUT2D eigenvalue weighted by Crippen LogP contribution is -2.15. The van der Waals surface area contributed by atoms with E-state index < -0.39 is 11.9 Å². The lowest BCUT2D eigenvalue weighted by atomic mass is 10.4. The standard InChI is InChI=1S/C11H16F3N3O/c1-2-3-7-18-8-6-16-10-15-5-4-9(17-10)11(12,13)14/h4-5H,2-3,6-8H2,1H3,(H,15,16,17). The van der Waals surface area contributed by atoms with Gasteiger partial charge in [-0.1, -0.05) is 13.3 Å². The second-order valence-electron chi connectivity index (χ2n) is 3.66. The third kappa shape index (κ3) is 5.31. The molecule has 0 unspecified atom stereocenters. The van der Waals surface area contributed by atoms with E-state index in [9.17, 15) is 13.2 Å². The molecule has 1 aromatic heterocycles. The van der Waals surface area contributed by atoms with Crippen LogP contribution in [0.4, 0.5) is 19.1 Å². The summed E-state index contributed by atoms with van der Waals surface area (Å²) in [7, 11) is 0. The molecule has 0 amide bonds. The van der Waals surface area contributed by atoms with Gasteiger partial charge in [0.15, 0.2) is 0 Å². The van der Waals surface area contributed by atoms with Gasteiger partial charge in [-0.15, -0.1) is 0 Å². The van der Waals surface area contributed by atoms with Crippen LogP contribution >= 0.6 is 0 Å². The molecule has 0 fully saturated rings. The number of unbranched alkanes of at least 4 members (excludes halogenated alkanes) is 1. The van der Waals surface area contributed by atoms with Gasteiger partial charge in [0.25, 0.3) is 0 Å². The predicted molar refractivity (Wildman–Crippen MR) is 61.3 cm³/mol. The Balaban J connectivity index is 2.34. The van der Waals surface area contributed by atoms with E-state index in [0.717, 1.165) is 25.1 Å². The Morgan fingerprint density at radius 1 is 1.33 bits per heavy atom. The lowest BCUT2D eigenvalue weighted by molar-refractivity contribution is -0.141. The number of hydrogen-bond donors (Lipinski definition) is 1. The molecule has 102 valence electrons. The largest absolute Gasteiger partial charge is 0.433 e. The van der Waals surface area contributed by atoms with Gasteiger partial charge >= 0.3 is 6.18 Å². The van der Waals surface area contributed by atoms with Crippen molar-refractivity contribution in [1.82, 2.24) is 9.97 Å². The first kappa shape index (κ1) is 14.7. The van der Waals surface area contributed by atoms with Gasteiger partial charge in [0, 0.05) is 19.3 Å². The predicted octanol–water partition coefficient (Wildman–Crippen LogP) is 2.72. The molecule has 1 heterocycles. The molecule has 0 saturated heterocycles.